The van der Waals surface area contributed by atoms with E-state index in [-0.39, 0.29) is 11.7 Å². The van der Waals surface area contributed by atoms with Crippen molar-refractivity contribution >= 4 is 5.82 Å². The van der Waals surface area contributed by atoms with E-state index >= 15 is 0 Å². The van der Waals surface area contributed by atoms with Gasteiger partial charge in [-0.2, -0.15) is 4.98 Å². The van der Waals surface area contributed by atoms with Gasteiger partial charge in [0.05, 0.1) is 0 Å². The zero-order valence-corrected chi connectivity index (χ0v) is 10.4. The Balaban J connectivity index is 0.000000165. The first-order valence-electron chi connectivity index (χ1n) is 6.01. The van der Waals surface area contributed by atoms with Crippen molar-refractivity contribution in [1.82, 2.24) is 4.98 Å². The quantitative estimate of drug-likeness (QED) is 0.528. The van der Waals surface area contributed by atoms with Crippen LogP contribution in [0.5, 0.6) is 5.95 Å². The molecule has 0 bridgehead atoms. The van der Waals surface area contributed by atoms with Gasteiger partial charge in [0, 0.05) is 5.56 Å². The molecule has 0 atom stereocenters. The van der Waals surface area contributed by atoms with Gasteiger partial charge >= 0.3 is 5.95 Å². The lowest BCUT2D eigenvalue weighted by Crippen LogP contribution is -1.85. The van der Waals surface area contributed by atoms with Crippen LogP contribution in [0.2, 0.25) is 0 Å². The summed E-state index contributed by atoms with van der Waals surface area (Å²) in [6, 6.07) is 17.6. The van der Waals surface area contributed by atoms with E-state index in [9.17, 15) is 0 Å². The van der Waals surface area contributed by atoms with Gasteiger partial charge in [-0.25, -0.2) is 5.53 Å². The number of benzene rings is 2. The van der Waals surface area contributed by atoms with Crippen molar-refractivity contribution in [3.05, 3.63) is 54.6 Å². The van der Waals surface area contributed by atoms with Crippen molar-refractivity contribution in [3.63, 3.8) is 0 Å². The van der Waals surface area contributed by atoms with E-state index in [0.717, 1.165) is 5.56 Å². The van der Waals surface area contributed by atoms with Crippen LogP contribution in [0.3, 0.4) is 0 Å². The van der Waals surface area contributed by atoms with Gasteiger partial charge in [-0.05, 0) is 23.3 Å². The van der Waals surface area contributed by atoms with Crippen molar-refractivity contribution < 1.29 is 9.52 Å². The van der Waals surface area contributed by atoms with E-state index in [4.69, 9.17) is 15.1 Å². The Morgan fingerprint density at radius 1 is 0.900 bits per heavy atom. The number of aromatic nitrogens is 1. The molecule has 0 aliphatic heterocycles. The second kappa shape index (κ2) is 4.97. The standard InChI is InChI=1S/C9H7N3O2.C6H4/c10-12-7-9(13)14-8(11-7)6-4-2-1-3-5-6;1-2-6-4-3-5(1)6/h1-5,10,13H;1-4H. The molecule has 98 valence electrons. The molecule has 2 aliphatic rings. The first-order valence-corrected chi connectivity index (χ1v) is 6.01. The largest absolute Gasteiger partial charge is 0.478 e. The number of nitrogens with zero attached hydrogens (tertiary/aromatic N) is 2. The Morgan fingerprint density at radius 3 is 1.90 bits per heavy atom. The number of rotatable bonds is 2. The average Bonchev–Trinajstić information content (AvgIpc) is 2.85. The van der Waals surface area contributed by atoms with Crippen LogP contribution in [-0.4, -0.2) is 10.1 Å². The molecule has 1 aromatic heterocycles. The molecule has 2 N–H and O–H groups in total. The Hall–Kier alpha value is -2.95. The van der Waals surface area contributed by atoms with Gasteiger partial charge in [0.1, 0.15) is 0 Å². The number of fused-ring (bicyclic) bond motifs is 1. The molecule has 0 fully saturated rings. The van der Waals surface area contributed by atoms with Gasteiger partial charge in [0.15, 0.2) is 0 Å². The summed E-state index contributed by atoms with van der Waals surface area (Å²) in [5.74, 6) is -0.281. The van der Waals surface area contributed by atoms with E-state index < -0.39 is 5.95 Å². The molecule has 5 heteroatoms. The summed E-state index contributed by atoms with van der Waals surface area (Å²) in [6.07, 6.45) is 0. The third-order valence-corrected chi connectivity index (χ3v) is 2.94. The molecule has 4 rings (SSSR count). The number of hydrogen-bond donors (Lipinski definition) is 2. The Bertz CT molecular complexity index is 713. The Kier molecular flexibility index (Phi) is 3.01. The van der Waals surface area contributed by atoms with E-state index in [1.807, 2.05) is 18.2 Å². The van der Waals surface area contributed by atoms with Crippen LogP contribution in [0.4, 0.5) is 5.82 Å². The van der Waals surface area contributed by atoms with Crippen molar-refractivity contribution in [2.45, 2.75) is 0 Å². The van der Waals surface area contributed by atoms with Crippen LogP contribution < -0.4 is 0 Å². The predicted octanol–water partition coefficient (Wildman–Crippen LogP) is 4.38. The number of aromatic hydroxyl groups is 1. The van der Waals surface area contributed by atoms with Crippen LogP contribution in [0.1, 0.15) is 0 Å². The van der Waals surface area contributed by atoms with Crippen LogP contribution >= 0.6 is 0 Å². The van der Waals surface area contributed by atoms with E-state index in [0.29, 0.717) is 0 Å². The highest BCUT2D eigenvalue weighted by atomic mass is 16.5. The average molecular weight is 265 g/mol. The summed E-state index contributed by atoms with van der Waals surface area (Å²) in [7, 11) is 0. The van der Waals surface area contributed by atoms with Crippen LogP contribution in [0, 0.1) is 5.53 Å². The smallest absolute Gasteiger partial charge is 0.332 e. The highest BCUT2D eigenvalue weighted by molar-refractivity contribution is 5.75. The summed E-state index contributed by atoms with van der Waals surface area (Å²) < 4.78 is 4.92. The summed E-state index contributed by atoms with van der Waals surface area (Å²) >= 11 is 0. The first kappa shape index (κ1) is 12.1. The summed E-state index contributed by atoms with van der Waals surface area (Å²) in [6.45, 7) is 0. The van der Waals surface area contributed by atoms with Crippen molar-refractivity contribution in [2.24, 2.45) is 5.11 Å². The lowest BCUT2D eigenvalue weighted by molar-refractivity contribution is 0.338. The fourth-order valence-electron chi connectivity index (χ4n) is 1.74. The third-order valence-electron chi connectivity index (χ3n) is 2.94. The van der Waals surface area contributed by atoms with Gasteiger partial charge in [-0.15, -0.1) is 5.11 Å². The Morgan fingerprint density at radius 2 is 1.50 bits per heavy atom. The fourth-order valence-corrected chi connectivity index (χ4v) is 1.74. The lowest BCUT2D eigenvalue weighted by atomic mass is 9.95. The molecule has 0 saturated heterocycles. The zero-order chi connectivity index (χ0) is 13.9. The topological polar surface area (TPSA) is 82.5 Å². The minimum Gasteiger partial charge on any atom is -0.478 e. The highest BCUT2D eigenvalue weighted by Crippen LogP contribution is 2.31. The zero-order valence-electron chi connectivity index (χ0n) is 10.4. The fraction of sp³-hybridized carbons (Fsp3) is 0. The molecule has 2 aliphatic carbocycles. The summed E-state index contributed by atoms with van der Waals surface area (Å²) in [5.41, 5.74) is 10.3. The SMILES string of the molecule is N=Nc1nc(-c2ccccc2)oc1O.c1cc2ccc1-2. The van der Waals surface area contributed by atoms with Crippen molar-refractivity contribution in [3.8, 4) is 28.5 Å². The van der Waals surface area contributed by atoms with Crippen molar-refractivity contribution in [2.75, 3.05) is 0 Å². The number of hydrogen-bond acceptors (Lipinski definition) is 5. The minimum atomic E-state index is -0.432. The molecule has 0 unspecified atom stereocenters. The molecular formula is C15H11N3O2. The van der Waals surface area contributed by atoms with Gasteiger partial charge in [0.25, 0.3) is 5.82 Å². The van der Waals surface area contributed by atoms with Gasteiger partial charge in [-0.1, -0.05) is 42.5 Å². The molecule has 1 aromatic carbocycles. The monoisotopic (exact) mass is 265 g/mol. The van der Waals surface area contributed by atoms with E-state index in [1.165, 1.54) is 11.1 Å². The maximum atomic E-state index is 9.15. The van der Waals surface area contributed by atoms with Crippen LogP contribution in [-0.2, 0) is 0 Å². The molecule has 0 radical (unpaired) electrons. The predicted molar refractivity (Wildman–Crippen MR) is 73.8 cm³/mol. The molecule has 2 aromatic rings. The summed E-state index contributed by atoms with van der Waals surface area (Å²) in [5, 5.41) is 12.2. The summed E-state index contributed by atoms with van der Waals surface area (Å²) in [4.78, 5) is 3.83. The van der Waals surface area contributed by atoms with Crippen LogP contribution in [0.15, 0.2) is 64.1 Å². The molecule has 0 saturated carbocycles. The first-order chi connectivity index (χ1) is 9.78. The molecule has 0 spiro atoms. The molecule has 5 nitrogen and oxygen atoms in total. The number of oxazole rings is 1. The molecule has 1 heterocycles. The molecule has 0 amide bonds. The highest BCUT2D eigenvalue weighted by Gasteiger charge is 2.12. The minimum absolute atomic E-state index is 0.108. The van der Waals surface area contributed by atoms with E-state index in [1.54, 1.807) is 12.1 Å². The molecule has 20 heavy (non-hydrogen) atoms. The normalized spacial score (nSPS) is 10.4. The van der Waals surface area contributed by atoms with Gasteiger partial charge in [-0.3, -0.25) is 0 Å². The maximum Gasteiger partial charge on any atom is 0.332 e. The van der Waals surface area contributed by atoms with Crippen LogP contribution in [0.25, 0.3) is 22.6 Å². The second-order valence-electron chi connectivity index (χ2n) is 4.20. The Labute approximate surface area is 115 Å². The van der Waals surface area contributed by atoms with Gasteiger partial charge in [0.2, 0.25) is 5.89 Å². The third kappa shape index (κ3) is 2.16. The van der Waals surface area contributed by atoms with E-state index in [2.05, 4.69) is 34.4 Å². The molecular weight excluding hydrogens is 254 g/mol. The van der Waals surface area contributed by atoms with Gasteiger partial charge < -0.3 is 9.52 Å². The van der Waals surface area contributed by atoms with Crippen molar-refractivity contribution in [1.29, 1.82) is 5.53 Å². The second-order valence-corrected chi connectivity index (χ2v) is 4.20. The number of nitrogens with one attached hydrogen (secondary N) is 1. The maximum absolute atomic E-state index is 9.15. The lowest BCUT2D eigenvalue weighted by Gasteiger charge is -2.10.